The largest absolute Gasteiger partial charge is 0.376 e. The first-order valence-corrected chi connectivity index (χ1v) is 9.63. The van der Waals surface area contributed by atoms with Crippen LogP contribution in [0.25, 0.3) is 11.5 Å². The van der Waals surface area contributed by atoms with E-state index in [1.54, 1.807) is 13.1 Å². The third-order valence-electron chi connectivity index (χ3n) is 5.18. The van der Waals surface area contributed by atoms with Crippen molar-refractivity contribution >= 4 is 11.7 Å². The van der Waals surface area contributed by atoms with Crippen molar-refractivity contribution in [3.8, 4) is 11.5 Å². The summed E-state index contributed by atoms with van der Waals surface area (Å²) in [5, 5.41) is 3.49. The van der Waals surface area contributed by atoms with E-state index in [4.69, 9.17) is 14.7 Å². The number of amides is 1. The summed E-state index contributed by atoms with van der Waals surface area (Å²) in [4.78, 5) is 27.5. The van der Waals surface area contributed by atoms with Crippen molar-refractivity contribution in [2.24, 2.45) is 0 Å². The van der Waals surface area contributed by atoms with E-state index in [-0.39, 0.29) is 12.0 Å². The fourth-order valence-electron chi connectivity index (χ4n) is 3.63. The summed E-state index contributed by atoms with van der Waals surface area (Å²) in [6.45, 7) is 4.39. The molecular weight excluding hydrogens is 342 g/mol. The van der Waals surface area contributed by atoms with Crippen molar-refractivity contribution in [3.05, 3.63) is 35.7 Å². The van der Waals surface area contributed by atoms with Gasteiger partial charge in [-0.2, -0.15) is 0 Å². The molecule has 0 bridgehead atoms. The van der Waals surface area contributed by atoms with E-state index in [9.17, 15) is 4.79 Å². The smallest absolute Gasteiger partial charge is 0.219 e. The molecule has 2 aromatic rings. The number of carbonyl (C=O) groups is 1. The number of carbonyl (C=O) groups excluding carboxylic acids is 1. The first kappa shape index (κ1) is 17.9. The van der Waals surface area contributed by atoms with E-state index in [1.165, 1.54) is 6.42 Å². The molecule has 0 radical (unpaired) electrons. The number of hydrogen-bond acceptors (Lipinski definition) is 6. The molecule has 0 spiro atoms. The predicted molar refractivity (Wildman–Crippen MR) is 102 cm³/mol. The average Bonchev–Trinajstić information content (AvgIpc) is 2.72. The highest BCUT2D eigenvalue weighted by Gasteiger charge is 2.25. The van der Waals surface area contributed by atoms with Gasteiger partial charge in [0.05, 0.1) is 18.3 Å². The maximum absolute atomic E-state index is 11.8. The predicted octanol–water partition coefficient (Wildman–Crippen LogP) is 2.42. The number of nitrogens with one attached hydrogen (secondary N) is 1. The molecule has 1 N–H and O–H groups in total. The summed E-state index contributed by atoms with van der Waals surface area (Å²) < 4.78 is 5.84. The van der Waals surface area contributed by atoms with Gasteiger partial charge in [0.2, 0.25) is 5.91 Å². The van der Waals surface area contributed by atoms with Crippen LogP contribution in [0, 0.1) is 0 Å². The van der Waals surface area contributed by atoms with Crippen LogP contribution in [0.3, 0.4) is 0 Å². The lowest BCUT2D eigenvalue weighted by molar-refractivity contribution is -0.129. The summed E-state index contributed by atoms with van der Waals surface area (Å²) in [6, 6.07) is 5.70. The molecule has 2 aromatic heterocycles. The lowest BCUT2D eigenvalue weighted by Gasteiger charge is -2.29. The molecule has 0 aromatic carbocycles. The van der Waals surface area contributed by atoms with Gasteiger partial charge in [-0.25, -0.2) is 9.97 Å². The molecule has 142 valence electrons. The minimum absolute atomic E-state index is 0.0729. The molecule has 2 aliphatic heterocycles. The monoisotopic (exact) mass is 367 g/mol. The van der Waals surface area contributed by atoms with E-state index in [2.05, 4.69) is 10.3 Å². The standard InChI is InChI=1S/C20H25N5O2/c1-14(26)25-10-8-16-18(13-25)23-20(17-7-2-4-9-21-17)24-19(16)22-12-15-6-3-5-11-27-15/h2,4,7,9,15H,3,5-6,8,10-13H2,1H3,(H,22,23,24). The Morgan fingerprint density at radius 3 is 3.00 bits per heavy atom. The van der Waals surface area contributed by atoms with E-state index in [0.29, 0.717) is 18.9 Å². The van der Waals surface area contributed by atoms with E-state index >= 15 is 0 Å². The van der Waals surface area contributed by atoms with Crippen molar-refractivity contribution in [1.82, 2.24) is 19.9 Å². The van der Waals surface area contributed by atoms with Gasteiger partial charge in [0.15, 0.2) is 5.82 Å². The second kappa shape index (κ2) is 8.00. The SMILES string of the molecule is CC(=O)N1CCc2c(nc(-c3ccccn3)nc2NCC2CCCCO2)C1. The first-order chi connectivity index (χ1) is 13.2. The van der Waals surface area contributed by atoms with Crippen LogP contribution in [-0.4, -0.2) is 51.6 Å². The van der Waals surface area contributed by atoms with Gasteiger partial charge in [-0.15, -0.1) is 0 Å². The average molecular weight is 367 g/mol. The Labute approximate surface area is 159 Å². The zero-order valence-electron chi connectivity index (χ0n) is 15.6. The molecule has 2 aliphatic rings. The Balaban J connectivity index is 1.63. The molecule has 7 heteroatoms. The van der Waals surface area contributed by atoms with Crippen LogP contribution in [-0.2, 0) is 22.5 Å². The number of anilines is 1. The number of aromatic nitrogens is 3. The minimum atomic E-state index is 0.0729. The topological polar surface area (TPSA) is 80.2 Å². The fraction of sp³-hybridized carbons (Fsp3) is 0.500. The molecule has 1 amide bonds. The van der Waals surface area contributed by atoms with Gasteiger partial charge in [-0.1, -0.05) is 6.07 Å². The molecule has 27 heavy (non-hydrogen) atoms. The summed E-state index contributed by atoms with van der Waals surface area (Å²) in [6.07, 6.45) is 6.14. The van der Waals surface area contributed by atoms with Crippen LogP contribution < -0.4 is 5.32 Å². The normalized spacial score (nSPS) is 19.4. The highest BCUT2D eigenvalue weighted by molar-refractivity contribution is 5.74. The second-order valence-corrected chi connectivity index (χ2v) is 7.10. The number of ether oxygens (including phenoxy) is 1. The van der Waals surface area contributed by atoms with E-state index in [1.807, 2.05) is 23.1 Å². The van der Waals surface area contributed by atoms with E-state index < -0.39 is 0 Å². The lowest BCUT2D eigenvalue weighted by atomic mass is 10.0. The molecule has 1 fully saturated rings. The second-order valence-electron chi connectivity index (χ2n) is 7.10. The molecule has 0 saturated carbocycles. The zero-order valence-corrected chi connectivity index (χ0v) is 15.6. The molecule has 1 unspecified atom stereocenters. The van der Waals surface area contributed by atoms with Crippen molar-refractivity contribution in [2.45, 2.75) is 45.3 Å². The van der Waals surface area contributed by atoms with Crippen LogP contribution in [0.2, 0.25) is 0 Å². The maximum atomic E-state index is 11.8. The van der Waals surface area contributed by atoms with Crippen LogP contribution >= 0.6 is 0 Å². The Hall–Kier alpha value is -2.54. The summed E-state index contributed by atoms with van der Waals surface area (Å²) in [5.74, 6) is 1.51. The van der Waals surface area contributed by atoms with Gasteiger partial charge < -0.3 is 15.0 Å². The third kappa shape index (κ3) is 4.08. The van der Waals surface area contributed by atoms with E-state index in [0.717, 1.165) is 55.2 Å². The van der Waals surface area contributed by atoms with Crippen LogP contribution in [0.15, 0.2) is 24.4 Å². The molecule has 4 heterocycles. The van der Waals surface area contributed by atoms with Gasteiger partial charge >= 0.3 is 0 Å². The number of hydrogen-bond donors (Lipinski definition) is 1. The van der Waals surface area contributed by atoms with Crippen molar-refractivity contribution in [3.63, 3.8) is 0 Å². The van der Waals surface area contributed by atoms with Crippen LogP contribution in [0.5, 0.6) is 0 Å². The Bertz CT molecular complexity index is 806. The van der Waals surface area contributed by atoms with Gasteiger partial charge in [0.25, 0.3) is 0 Å². The first-order valence-electron chi connectivity index (χ1n) is 9.63. The Kier molecular flexibility index (Phi) is 5.29. The minimum Gasteiger partial charge on any atom is -0.376 e. The summed E-state index contributed by atoms with van der Waals surface area (Å²) in [7, 11) is 0. The number of rotatable bonds is 4. The van der Waals surface area contributed by atoms with Gasteiger partial charge in [0.1, 0.15) is 11.5 Å². The Morgan fingerprint density at radius 2 is 2.26 bits per heavy atom. The van der Waals surface area contributed by atoms with Crippen LogP contribution in [0.1, 0.15) is 37.4 Å². The van der Waals surface area contributed by atoms with Gasteiger partial charge in [-0.05, 0) is 37.8 Å². The molecule has 7 nitrogen and oxygen atoms in total. The molecular formula is C20H25N5O2. The quantitative estimate of drug-likeness (QED) is 0.894. The van der Waals surface area contributed by atoms with Crippen molar-refractivity contribution in [2.75, 3.05) is 25.0 Å². The summed E-state index contributed by atoms with van der Waals surface area (Å²) in [5.41, 5.74) is 2.74. The summed E-state index contributed by atoms with van der Waals surface area (Å²) >= 11 is 0. The molecule has 1 saturated heterocycles. The number of fused-ring (bicyclic) bond motifs is 1. The third-order valence-corrected chi connectivity index (χ3v) is 5.18. The zero-order chi connectivity index (χ0) is 18.6. The van der Waals surface area contributed by atoms with Gasteiger partial charge in [0, 0.05) is 38.4 Å². The molecule has 1 atom stereocenters. The molecule has 0 aliphatic carbocycles. The highest BCUT2D eigenvalue weighted by Crippen LogP contribution is 2.27. The van der Waals surface area contributed by atoms with Gasteiger partial charge in [-0.3, -0.25) is 9.78 Å². The van der Waals surface area contributed by atoms with Crippen molar-refractivity contribution < 1.29 is 9.53 Å². The van der Waals surface area contributed by atoms with Crippen molar-refractivity contribution in [1.29, 1.82) is 0 Å². The number of nitrogens with zero attached hydrogens (tertiary/aromatic N) is 4. The Morgan fingerprint density at radius 1 is 1.33 bits per heavy atom. The van der Waals surface area contributed by atoms with Crippen LogP contribution in [0.4, 0.5) is 5.82 Å². The maximum Gasteiger partial charge on any atom is 0.219 e. The lowest BCUT2D eigenvalue weighted by Crippen LogP contribution is -2.36. The fourth-order valence-corrected chi connectivity index (χ4v) is 3.63. The highest BCUT2D eigenvalue weighted by atomic mass is 16.5. The number of pyridine rings is 1. The molecule has 4 rings (SSSR count).